The molecule has 0 spiro atoms. The van der Waals surface area contributed by atoms with Gasteiger partial charge < -0.3 is 5.32 Å². The molecule has 0 aliphatic rings. The molecule has 0 aliphatic heterocycles. The summed E-state index contributed by atoms with van der Waals surface area (Å²) in [5, 5.41) is 5.57. The minimum absolute atomic E-state index is 0.0450. The average molecular weight is 274 g/mol. The highest BCUT2D eigenvalue weighted by Gasteiger charge is 2.13. The van der Waals surface area contributed by atoms with Crippen molar-refractivity contribution in [1.29, 1.82) is 0 Å². The van der Waals surface area contributed by atoms with Crippen LogP contribution in [0.15, 0.2) is 45.1 Å². The van der Waals surface area contributed by atoms with E-state index in [-0.39, 0.29) is 18.1 Å². The van der Waals surface area contributed by atoms with Gasteiger partial charge in [0.15, 0.2) is 0 Å². The Hall–Kier alpha value is -2.70. The molecule has 0 unspecified atom stereocenters. The summed E-state index contributed by atoms with van der Waals surface area (Å²) in [6, 6.07) is 9.38. The van der Waals surface area contributed by atoms with E-state index in [1.165, 1.54) is 0 Å². The summed E-state index contributed by atoms with van der Waals surface area (Å²) in [6.07, 6.45) is 0. The Morgan fingerprint density at radius 3 is 2.55 bits per heavy atom. The molecule has 20 heavy (non-hydrogen) atoms. The maximum atomic E-state index is 11.9. The van der Waals surface area contributed by atoms with Gasteiger partial charge in [-0.05, 0) is 17.7 Å². The average Bonchev–Trinajstić information content (AvgIpc) is 2.46. The van der Waals surface area contributed by atoms with Crippen LogP contribution >= 0.6 is 0 Å². The molecular formula is C13H14N4O3. The minimum atomic E-state index is -0.693. The van der Waals surface area contributed by atoms with E-state index in [4.69, 9.17) is 0 Å². The van der Waals surface area contributed by atoms with Crippen LogP contribution in [0.2, 0.25) is 0 Å². The predicted molar refractivity (Wildman–Crippen MR) is 76.2 cm³/mol. The standard InChI is InChI=1S/C13H14N4O3/c1-2-17-12(18)10(16-20)11(15-13(17)19)14-8-9-6-4-3-5-7-9/h3-7,14H,2,8H2,1H3,(H,15,19). The van der Waals surface area contributed by atoms with Crippen LogP contribution in [0.1, 0.15) is 12.5 Å². The van der Waals surface area contributed by atoms with Crippen LogP contribution in [0.3, 0.4) is 0 Å². The second-order valence-electron chi connectivity index (χ2n) is 4.13. The number of H-pyrrole nitrogens is 1. The lowest BCUT2D eigenvalue weighted by molar-refractivity contribution is 0.674. The van der Waals surface area contributed by atoms with Gasteiger partial charge in [0.1, 0.15) is 5.82 Å². The molecule has 0 fully saturated rings. The molecule has 2 N–H and O–H groups in total. The smallest absolute Gasteiger partial charge is 0.330 e. The van der Waals surface area contributed by atoms with E-state index in [2.05, 4.69) is 15.5 Å². The largest absolute Gasteiger partial charge is 0.365 e. The summed E-state index contributed by atoms with van der Waals surface area (Å²) < 4.78 is 0.921. The van der Waals surface area contributed by atoms with Crippen LogP contribution in [-0.4, -0.2) is 9.55 Å². The number of hydrogen-bond donors (Lipinski definition) is 2. The van der Waals surface area contributed by atoms with E-state index in [0.717, 1.165) is 10.1 Å². The highest BCUT2D eigenvalue weighted by atomic mass is 16.3. The topological polar surface area (TPSA) is 96.3 Å². The highest BCUT2D eigenvalue weighted by Crippen LogP contribution is 2.16. The SMILES string of the molecule is CCn1c(=O)[nH]c(NCc2ccccc2)c(N=O)c1=O. The van der Waals surface area contributed by atoms with Crippen LogP contribution in [-0.2, 0) is 13.1 Å². The first kappa shape index (κ1) is 13.7. The number of aromatic nitrogens is 2. The quantitative estimate of drug-likeness (QED) is 0.809. The van der Waals surface area contributed by atoms with Gasteiger partial charge in [-0.25, -0.2) is 4.79 Å². The van der Waals surface area contributed by atoms with Crippen molar-refractivity contribution in [1.82, 2.24) is 9.55 Å². The lowest BCUT2D eigenvalue weighted by Crippen LogP contribution is -2.35. The molecule has 0 atom stereocenters. The lowest BCUT2D eigenvalue weighted by Gasteiger charge is -2.09. The second-order valence-corrected chi connectivity index (χ2v) is 4.13. The third-order valence-corrected chi connectivity index (χ3v) is 2.88. The Morgan fingerprint density at radius 1 is 1.25 bits per heavy atom. The van der Waals surface area contributed by atoms with Crippen LogP contribution in [0.4, 0.5) is 11.5 Å². The Labute approximate surface area is 114 Å². The van der Waals surface area contributed by atoms with Gasteiger partial charge in [0.2, 0.25) is 5.69 Å². The van der Waals surface area contributed by atoms with E-state index in [1.54, 1.807) is 6.92 Å². The van der Waals surface area contributed by atoms with Crippen molar-refractivity contribution in [2.75, 3.05) is 5.32 Å². The van der Waals surface area contributed by atoms with Gasteiger partial charge >= 0.3 is 5.69 Å². The fraction of sp³-hybridized carbons (Fsp3) is 0.231. The van der Waals surface area contributed by atoms with E-state index in [1.807, 2.05) is 30.3 Å². The van der Waals surface area contributed by atoms with Crippen molar-refractivity contribution in [3.8, 4) is 0 Å². The molecule has 7 heteroatoms. The summed E-state index contributed by atoms with van der Waals surface area (Å²) in [5.74, 6) is 0.0450. The molecule has 7 nitrogen and oxygen atoms in total. The zero-order chi connectivity index (χ0) is 14.5. The third kappa shape index (κ3) is 2.66. The first-order valence-electron chi connectivity index (χ1n) is 6.15. The van der Waals surface area contributed by atoms with Gasteiger partial charge in [-0.1, -0.05) is 30.3 Å². The van der Waals surface area contributed by atoms with Gasteiger partial charge in [0, 0.05) is 13.1 Å². The van der Waals surface area contributed by atoms with Crippen molar-refractivity contribution in [3.05, 3.63) is 61.6 Å². The summed E-state index contributed by atoms with van der Waals surface area (Å²) in [4.78, 5) is 36.9. The van der Waals surface area contributed by atoms with Crippen LogP contribution in [0.25, 0.3) is 0 Å². The molecule has 0 bridgehead atoms. The van der Waals surface area contributed by atoms with Crippen molar-refractivity contribution in [2.45, 2.75) is 20.0 Å². The maximum Gasteiger partial charge on any atom is 0.330 e. The second kappa shape index (κ2) is 5.96. The first-order chi connectivity index (χ1) is 9.67. The molecule has 0 saturated heterocycles. The van der Waals surface area contributed by atoms with Crippen LogP contribution in [0.5, 0.6) is 0 Å². The molecule has 1 aromatic heterocycles. The molecule has 2 rings (SSSR count). The number of aromatic amines is 1. The van der Waals surface area contributed by atoms with Crippen LogP contribution < -0.4 is 16.6 Å². The summed E-state index contributed by atoms with van der Waals surface area (Å²) in [6.45, 7) is 2.19. The third-order valence-electron chi connectivity index (χ3n) is 2.88. The van der Waals surface area contributed by atoms with Crippen molar-refractivity contribution >= 4 is 11.5 Å². The van der Waals surface area contributed by atoms with Crippen molar-refractivity contribution in [2.24, 2.45) is 5.18 Å². The molecule has 1 heterocycles. The van der Waals surface area contributed by atoms with Crippen molar-refractivity contribution in [3.63, 3.8) is 0 Å². The Kier molecular flexibility index (Phi) is 4.09. The highest BCUT2D eigenvalue weighted by molar-refractivity contribution is 5.58. The van der Waals surface area contributed by atoms with Crippen LogP contribution in [0, 0.1) is 4.91 Å². The van der Waals surface area contributed by atoms with Gasteiger partial charge in [0.25, 0.3) is 5.56 Å². The summed E-state index contributed by atoms with van der Waals surface area (Å²) >= 11 is 0. The van der Waals surface area contributed by atoms with E-state index in [9.17, 15) is 14.5 Å². The minimum Gasteiger partial charge on any atom is -0.365 e. The number of benzene rings is 1. The van der Waals surface area contributed by atoms with E-state index >= 15 is 0 Å². The summed E-state index contributed by atoms with van der Waals surface area (Å²) in [7, 11) is 0. The van der Waals surface area contributed by atoms with E-state index < -0.39 is 11.2 Å². The number of nitrogens with one attached hydrogen (secondary N) is 2. The first-order valence-corrected chi connectivity index (χ1v) is 6.15. The normalized spacial score (nSPS) is 10.2. The predicted octanol–water partition coefficient (Wildman–Crippen LogP) is 1.57. The van der Waals surface area contributed by atoms with Gasteiger partial charge in [-0.3, -0.25) is 14.3 Å². The fourth-order valence-electron chi connectivity index (χ4n) is 1.85. The monoisotopic (exact) mass is 274 g/mol. The number of nitroso groups, excluding NO2 is 1. The zero-order valence-corrected chi connectivity index (χ0v) is 10.9. The summed E-state index contributed by atoms with van der Waals surface area (Å²) in [5.41, 5.74) is -0.630. The lowest BCUT2D eigenvalue weighted by atomic mass is 10.2. The Bertz CT molecular complexity index is 719. The number of hydrogen-bond acceptors (Lipinski definition) is 5. The molecule has 0 saturated carbocycles. The van der Waals surface area contributed by atoms with E-state index in [0.29, 0.717) is 6.54 Å². The molecule has 0 radical (unpaired) electrons. The van der Waals surface area contributed by atoms with Gasteiger partial charge in [0.05, 0.1) is 0 Å². The molecular weight excluding hydrogens is 260 g/mol. The fourth-order valence-corrected chi connectivity index (χ4v) is 1.85. The number of nitrogens with zero attached hydrogens (tertiary/aromatic N) is 2. The van der Waals surface area contributed by atoms with Crippen molar-refractivity contribution < 1.29 is 0 Å². The Balaban J connectivity index is 2.35. The maximum absolute atomic E-state index is 11.9. The molecule has 1 aromatic carbocycles. The number of anilines is 1. The zero-order valence-electron chi connectivity index (χ0n) is 10.9. The molecule has 0 aliphatic carbocycles. The number of rotatable bonds is 5. The van der Waals surface area contributed by atoms with Gasteiger partial charge in [-0.2, -0.15) is 0 Å². The van der Waals surface area contributed by atoms with Gasteiger partial charge in [-0.15, -0.1) is 4.91 Å². The molecule has 2 aromatic rings. The molecule has 0 amide bonds. The molecule has 104 valence electrons. The Morgan fingerprint density at radius 2 is 1.95 bits per heavy atom.